The average molecular weight is 536 g/mol. The molecule has 0 heterocycles. The molecule has 0 aliphatic heterocycles. The zero-order valence-electron chi connectivity index (χ0n) is 18.0. The number of nitro groups is 2. The van der Waals surface area contributed by atoms with E-state index in [0.29, 0.717) is 10.0 Å². The number of hydrazine groups is 2. The van der Waals surface area contributed by atoms with Crippen LogP contribution in [-0.4, -0.2) is 94.0 Å². The maximum absolute atomic E-state index is 10.3. The van der Waals surface area contributed by atoms with Crippen LogP contribution in [0.1, 0.15) is 25.7 Å². The number of hydrogen-bond acceptors (Lipinski definition) is 11. The number of guanidine groups is 2. The Hall–Kier alpha value is -3.69. The lowest BCUT2D eigenvalue weighted by Crippen LogP contribution is -2.42. The predicted molar refractivity (Wildman–Crippen MR) is 115 cm³/mol. The second kappa shape index (κ2) is 17.7. The van der Waals surface area contributed by atoms with Gasteiger partial charge in [-0.15, -0.1) is 0 Å². The van der Waals surface area contributed by atoms with Gasteiger partial charge in [-0.1, -0.05) is 10.0 Å². The number of phosphoric acid groups is 1. The molecule has 35 heavy (non-hydrogen) atoms. The summed E-state index contributed by atoms with van der Waals surface area (Å²) in [5, 5.41) is 50.4. The average Bonchev–Trinajstić information content (AvgIpc) is 2.65. The van der Waals surface area contributed by atoms with Crippen LogP contribution in [0, 0.1) is 31.0 Å². The smallest absolute Gasteiger partial charge is 0.466 e. The molecule has 0 saturated carbocycles. The molecule has 0 aromatic carbocycles. The van der Waals surface area contributed by atoms with Gasteiger partial charge < -0.3 is 47.8 Å². The van der Waals surface area contributed by atoms with Gasteiger partial charge >= 0.3 is 19.8 Å². The molecule has 22 nitrogen and oxygen atoms in total. The molecule has 0 saturated heterocycles. The first-order valence-corrected chi connectivity index (χ1v) is 10.6. The minimum absolute atomic E-state index is 0.0902. The first-order valence-electron chi connectivity index (χ1n) is 8.99. The van der Waals surface area contributed by atoms with Gasteiger partial charge in [-0.05, 0) is 25.7 Å². The second-order valence-corrected chi connectivity index (χ2v) is 7.21. The molecular formula is C12H29N10O12P. The highest BCUT2D eigenvalue weighted by molar-refractivity contribution is 7.45. The zero-order chi connectivity index (χ0) is 28.5. The van der Waals surface area contributed by atoms with Gasteiger partial charge in [-0.2, -0.15) is 0 Å². The molecule has 0 amide bonds. The van der Waals surface area contributed by atoms with Crippen molar-refractivity contribution in [1.82, 2.24) is 10.0 Å². The highest BCUT2D eigenvalue weighted by Gasteiger charge is 2.20. The van der Waals surface area contributed by atoms with Gasteiger partial charge in [0.15, 0.2) is 10.1 Å². The maximum Gasteiger partial charge on any atom is 0.466 e. The number of rotatable bonds is 12. The number of nitrogens with two attached hydrogens (primary N) is 4. The maximum atomic E-state index is 10.3. The van der Waals surface area contributed by atoms with E-state index >= 15 is 0 Å². The van der Waals surface area contributed by atoms with E-state index in [0.717, 1.165) is 0 Å². The minimum atomic E-state index is -4.64. The van der Waals surface area contributed by atoms with Crippen LogP contribution in [0.3, 0.4) is 0 Å². The fraction of sp³-hybridized carbons (Fsp3) is 0.667. The predicted octanol–water partition coefficient (Wildman–Crippen LogP) is -3.80. The molecule has 204 valence electrons. The van der Waals surface area contributed by atoms with E-state index in [1.54, 1.807) is 0 Å². The molecule has 2 atom stereocenters. The van der Waals surface area contributed by atoms with Crippen LogP contribution in [0.25, 0.3) is 0 Å². The summed E-state index contributed by atoms with van der Waals surface area (Å²) < 4.78 is 8.88. The van der Waals surface area contributed by atoms with Gasteiger partial charge in [0.2, 0.25) is 0 Å². The molecule has 0 spiro atoms. The van der Waals surface area contributed by atoms with Crippen molar-refractivity contribution in [2.24, 2.45) is 22.9 Å². The summed E-state index contributed by atoms with van der Waals surface area (Å²) in [5.74, 6) is -3.70. The summed E-state index contributed by atoms with van der Waals surface area (Å²) in [6, 6.07) is -2.10. The number of aliphatic carboxylic acids is 2. The summed E-state index contributed by atoms with van der Waals surface area (Å²) in [6.45, 7) is -0.271. The Bertz CT molecular complexity index is 702. The van der Waals surface area contributed by atoms with Gasteiger partial charge in [-0.25, -0.2) is 24.8 Å². The number of hydrogen-bond donors (Lipinski definition) is 11. The van der Waals surface area contributed by atoms with Gasteiger partial charge in [-0.3, -0.25) is 20.4 Å². The van der Waals surface area contributed by atoms with Crippen molar-refractivity contribution in [1.29, 1.82) is 10.8 Å². The molecule has 0 fully saturated rings. The van der Waals surface area contributed by atoms with Crippen LogP contribution in [0.2, 0.25) is 0 Å². The van der Waals surface area contributed by atoms with E-state index in [2.05, 4.69) is 0 Å². The lowest BCUT2D eigenvalue weighted by Gasteiger charge is -2.12. The van der Waals surface area contributed by atoms with Crippen molar-refractivity contribution in [2.75, 3.05) is 13.1 Å². The normalized spacial score (nSPS) is 11.8. The third kappa shape index (κ3) is 23.3. The molecule has 15 N–H and O–H groups in total. The van der Waals surface area contributed by atoms with E-state index < -0.39 is 53.8 Å². The fourth-order valence-electron chi connectivity index (χ4n) is 1.75. The zero-order valence-corrected chi connectivity index (χ0v) is 18.9. The quantitative estimate of drug-likeness (QED) is 0.0374. The Labute approximate surface area is 196 Å². The second-order valence-electron chi connectivity index (χ2n) is 6.18. The van der Waals surface area contributed by atoms with Crippen LogP contribution in [0.5, 0.6) is 0 Å². The topological polar surface area (TPSA) is 397 Å². The number of carbonyl (C=O) groups is 2. The molecule has 0 bridgehead atoms. The van der Waals surface area contributed by atoms with E-state index in [1.807, 2.05) is 0 Å². The number of nitrogens with zero attached hydrogens (tertiary/aromatic N) is 4. The molecule has 0 aromatic rings. The largest absolute Gasteiger partial charge is 0.480 e. The monoisotopic (exact) mass is 536 g/mol. The van der Waals surface area contributed by atoms with Gasteiger partial charge in [0.05, 0.1) is 13.1 Å². The van der Waals surface area contributed by atoms with Crippen LogP contribution in [0.15, 0.2) is 0 Å². The van der Waals surface area contributed by atoms with Crippen LogP contribution >= 0.6 is 7.82 Å². The van der Waals surface area contributed by atoms with Crippen molar-refractivity contribution >= 4 is 31.7 Å². The van der Waals surface area contributed by atoms with Crippen LogP contribution in [-0.2, 0) is 14.2 Å². The molecular weight excluding hydrogens is 507 g/mol. The lowest BCUT2D eigenvalue weighted by molar-refractivity contribution is -0.629. The summed E-state index contributed by atoms with van der Waals surface area (Å²) in [7, 11) is -4.64. The van der Waals surface area contributed by atoms with Crippen LogP contribution < -0.4 is 22.9 Å². The standard InChI is InChI=1S/2C6H13N5O4.H3O4P/c2*7-4(5(12)13)2-1-3-10(6(8)9)11(14)15;1-5(2,3)4/h2*4H,1-3,7H2,(H3,8,9)(H,12,13);(H3,1,2,3,4). The highest BCUT2D eigenvalue weighted by Crippen LogP contribution is 2.25. The first-order chi connectivity index (χ1) is 15.7. The summed E-state index contributed by atoms with van der Waals surface area (Å²) in [5.41, 5.74) is 20.2. The summed E-state index contributed by atoms with van der Waals surface area (Å²) >= 11 is 0. The van der Waals surface area contributed by atoms with Crippen molar-refractivity contribution in [3.8, 4) is 0 Å². The van der Waals surface area contributed by atoms with Crippen molar-refractivity contribution < 1.29 is 49.1 Å². The summed E-state index contributed by atoms with van der Waals surface area (Å²) in [4.78, 5) is 62.8. The Kier molecular flexibility index (Phi) is 18.2. The van der Waals surface area contributed by atoms with Gasteiger partial charge in [0.25, 0.3) is 11.9 Å². The number of carboxylic acids is 2. The molecule has 0 rings (SSSR count). The third-order valence-corrected chi connectivity index (χ3v) is 3.35. The van der Waals surface area contributed by atoms with E-state index in [1.165, 1.54) is 0 Å². The Morgan fingerprint density at radius 2 is 1.06 bits per heavy atom. The van der Waals surface area contributed by atoms with E-state index in [9.17, 15) is 29.8 Å². The van der Waals surface area contributed by atoms with Gasteiger partial charge in [0, 0.05) is 0 Å². The Morgan fingerprint density at radius 1 is 0.829 bits per heavy atom. The molecule has 23 heteroatoms. The SMILES string of the molecule is N=C(N)N(CCCC(N)C(=O)O)[N+](=O)[O-].N=C(N)N(CCCC(N)C(=O)O)[N+](=O)[O-].O=P(O)(O)O. The molecule has 0 aliphatic rings. The Morgan fingerprint density at radius 3 is 1.20 bits per heavy atom. The molecule has 0 aliphatic carbocycles. The number of nitrogens with one attached hydrogen (secondary N) is 2. The van der Waals surface area contributed by atoms with Gasteiger partial charge in [0.1, 0.15) is 12.1 Å². The molecule has 2 unspecified atom stereocenters. The first kappa shape index (κ1) is 35.9. The van der Waals surface area contributed by atoms with Crippen molar-refractivity contribution in [3.05, 3.63) is 20.2 Å². The third-order valence-electron chi connectivity index (χ3n) is 3.35. The molecule has 0 radical (unpaired) electrons. The minimum Gasteiger partial charge on any atom is -0.480 e. The van der Waals surface area contributed by atoms with E-state index in [-0.39, 0.29) is 38.8 Å². The molecule has 0 aromatic heterocycles. The number of carboxylic acid groups (broad SMARTS) is 2. The summed E-state index contributed by atoms with van der Waals surface area (Å²) in [6.07, 6.45) is 0.530. The van der Waals surface area contributed by atoms with Crippen LogP contribution in [0.4, 0.5) is 0 Å². The Balaban J connectivity index is -0.000000491. The highest BCUT2D eigenvalue weighted by atomic mass is 31.2. The lowest BCUT2D eigenvalue weighted by atomic mass is 10.2. The van der Waals surface area contributed by atoms with Crippen molar-refractivity contribution in [3.63, 3.8) is 0 Å². The van der Waals surface area contributed by atoms with Crippen molar-refractivity contribution in [2.45, 2.75) is 37.8 Å². The fourth-order valence-corrected chi connectivity index (χ4v) is 1.75. The van der Waals surface area contributed by atoms with E-state index in [4.69, 9.17) is 63.2 Å².